The van der Waals surface area contributed by atoms with Crippen molar-refractivity contribution in [3.8, 4) is 0 Å². The van der Waals surface area contributed by atoms with Crippen LogP contribution in [0.1, 0.15) is 36.3 Å². The first-order valence-corrected chi connectivity index (χ1v) is 10.00. The largest absolute Gasteiger partial charge is 0.353 e. The Morgan fingerprint density at radius 1 is 1.19 bits per heavy atom. The van der Waals surface area contributed by atoms with Crippen LogP contribution in [0.2, 0.25) is 0 Å². The first-order chi connectivity index (χ1) is 13.2. The predicted octanol–water partition coefficient (Wildman–Crippen LogP) is 3.88. The number of nitrogens with one attached hydrogen (secondary N) is 2. The lowest BCUT2D eigenvalue weighted by Crippen LogP contribution is -2.26. The Bertz CT molecular complexity index is 932. The molecule has 3 aromatic rings. The van der Waals surface area contributed by atoms with Gasteiger partial charge in [-0.05, 0) is 42.7 Å². The summed E-state index contributed by atoms with van der Waals surface area (Å²) in [5, 5.41) is 6.90. The Morgan fingerprint density at radius 2 is 2.00 bits per heavy atom. The maximum absolute atomic E-state index is 12.1. The van der Waals surface area contributed by atoms with Gasteiger partial charge in [0.15, 0.2) is 0 Å². The van der Waals surface area contributed by atoms with Crippen molar-refractivity contribution in [2.75, 3.05) is 5.32 Å². The van der Waals surface area contributed by atoms with Gasteiger partial charge >= 0.3 is 0 Å². The molecule has 0 radical (unpaired) electrons. The zero-order valence-corrected chi connectivity index (χ0v) is 15.7. The molecule has 138 valence electrons. The van der Waals surface area contributed by atoms with Gasteiger partial charge in [0, 0.05) is 31.0 Å². The summed E-state index contributed by atoms with van der Waals surface area (Å²) in [6.07, 6.45) is 3.29. The van der Waals surface area contributed by atoms with E-state index in [4.69, 9.17) is 0 Å². The van der Waals surface area contributed by atoms with Crippen molar-refractivity contribution in [3.05, 3.63) is 59.1 Å². The van der Waals surface area contributed by atoms with Gasteiger partial charge in [0.1, 0.15) is 0 Å². The topological polar surface area (TPSA) is 71.1 Å². The summed E-state index contributed by atoms with van der Waals surface area (Å²) in [5.41, 5.74) is 3.00. The van der Waals surface area contributed by atoms with E-state index in [1.807, 2.05) is 42.5 Å². The number of fused-ring (bicyclic) bond motifs is 1. The summed E-state index contributed by atoms with van der Waals surface area (Å²) in [6, 6.07) is 16.2. The van der Waals surface area contributed by atoms with Gasteiger partial charge in [-0.1, -0.05) is 24.3 Å². The van der Waals surface area contributed by atoms with Gasteiger partial charge < -0.3 is 10.6 Å². The van der Waals surface area contributed by atoms with Crippen LogP contribution in [0.3, 0.4) is 0 Å². The Labute approximate surface area is 161 Å². The molecule has 1 fully saturated rings. The number of carbonyl (C=O) groups is 2. The van der Waals surface area contributed by atoms with E-state index in [1.165, 1.54) is 10.3 Å². The Morgan fingerprint density at radius 3 is 2.74 bits per heavy atom. The average molecular weight is 379 g/mol. The van der Waals surface area contributed by atoms with Crippen molar-refractivity contribution in [1.29, 1.82) is 0 Å². The number of hydrogen-bond donors (Lipinski definition) is 2. The van der Waals surface area contributed by atoms with Gasteiger partial charge in [-0.3, -0.25) is 9.59 Å². The lowest BCUT2D eigenvalue weighted by atomic mass is 10.1. The van der Waals surface area contributed by atoms with Gasteiger partial charge in [0.25, 0.3) is 0 Å². The summed E-state index contributed by atoms with van der Waals surface area (Å²) >= 11 is 1.71. The molecule has 5 nitrogen and oxygen atoms in total. The van der Waals surface area contributed by atoms with Crippen LogP contribution in [0.15, 0.2) is 48.5 Å². The van der Waals surface area contributed by atoms with Gasteiger partial charge in [-0.2, -0.15) is 0 Å². The second-order valence-corrected chi connectivity index (χ2v) is 7.95. The van der Waals surface area contributed by atoms with E-state index in [0.717, 1.165) is 29.1 Å². The molecule has 0 spiro atoms. The van der Waals surface area contributed by atoms with Crippen molar-refractivity contribution in [2.45, 2.75) is 38.1 Å². The molecule has 1 aromatic heterocycles. The predicted molar refractivity (Wildman–Crippen MR) is 108 cm³/mol. The quantitative estimate of drug-likeness (QED) is 0.683. The molecule has 2 heterocycles. The smallest absolute Gasteiger partial charge is 0.224 e. The number of rotatable bonds is 6. The Balaban J connectivity index is 1.30. The van der Waals surface area contributed by atoms with Crippen LogP contribution in [-0.2, 0) is 16.0 Å². The van der Waals surface area contributed by atoms with Crippen molar-refractivity contribution in [2.24, 2.45) is 0 Å². The molecule has 0 saturated carbocycles. The standard InChI is InChI=1S/C21H21N3O2S/c25-19(11-9-16-10-12-20(26)23-16)22-15-7-5-14(6-8-15)13-21-24-17-3-1-2-4-18(17)27-21/h1-8,16H,9-13H2,(H,22,25)(H,23,26). The van der Waals surface area contributed by atoms with E-state index >= 15 is 0 Å². The van der Waals surface area contributed by atoms with Crippen LogP contribution in [-0.4, -0.2) is 22.8 Å². The number of thiazole rings is 1. The van der Waals surface area contributed by atoms with Crippen molar-refractivity contribution >= 4 is 39.1 Å². The zero-order valence-electron chi connectivity index (χ0n) is 14.9. The molecule has 0 aliphatic carbocycles. The maximum atomic E-state index is 12.1. The molecule has 4 rings (SSSR count). The number of para-hydroxylation sites is 1. The molecule has 2 N–H and O–H groups in total. The summed E-state index contributed by atoms with van der Waals surface area (Å²) in [6.45, 7) is 0. The van der Waals surface area contributed by atoms with E-state index in [-0.39, 0.29) is 17.9 Å². The minimum absolute atomic E-state index is 0.0185. The summed E-state index contributed by atoms with van der Waals surface area (Å²) in [7, 11) is 0. The van der Waals surface area contributed by atoms with Crippen LogP contribution in [0.4, 0.5) is 5.69 Å². The lowest BCUT2D eigenvalue weighted by molar-refractivity contribution is -0.120. The number of amides is 2. The first-order valence-electron chi connectivity index (χ1n) is 9.18. The number of anilines is 1. The monoisotopic (exact) mass is 379 g/mol. The summed E-state index contributed by atoms with van der Waals surface area (Å²) in [5.74, 6) is 0.0687. The molecular formula is C21H21N3O2S. The number of nitrogens with zero attached hydrogens (tertiary/aromatic N) is 1. The van der Waals surface area contributed by atoms with E-state index in [9.17, 15) is 9.59 Å². The third-order valence-corrected chi connectivity index (χ3v) is 5.77. The molecule has 1 aliphatic rings. The highest BCUT2D eigenvalue weighted by atomic mass is 32.1. The fourth-order valence-corrected chi connectivity index (χ4v) is 4.30. The van der Waals surface area contributed by atoms with Crippen LogP contribution < -0.4 is 10.6 Å². The van der Waals surface area contributed by atoms with Crippen LogP contribution in [0, 0.1) is 0 Å². The van der Waals surface area contributed by atoms with E-state index in [0.29, 0.717) is 19.3 Å². The normalized spacial score (nSPS) is 16.4. The second-order valence-electron chi connectivity index (χ2n) is 6.84. The first kappa shape index (κ1) is 17.7. The molecule has 1 saturated heterocycles. The Hall–Kier alpha value is -2.73. The van der Waals surface area contributed by atoms with Crippen molar-refractivity contribution in [1.82, 2.24) is 10.3 Å². The van der Waals surface area contributed by atoms with Crippen LogP contribution in [0.5, 0.6) is 0 Å². The number of benzene rings is 2. The van der Waals surface area contributed by atoms with Gasteiger partial charge in [0.05, 0.1) is 15.2 Å². The van der Waals surface area contributed by atoms with Gasteiger partial charge in [-0.15, -0.1) is 11.3 Å². The highest BCUT2D eigenvalue weighted by Crippen LogP contribution is 2.24. The molecule has 6 heteroatoms. The third-order valence-electron chi connectivity index (χ3n) is 4.74. The Kier molecular flexibility index (Phi) is 5.16. The van der Waals surface area contributed by atoms with Crippen molar-refractivity contribution in [3.63, 3.8) is 0 Å². The van der Waals surface area contributed by atoms with Crippen LogP contribution in [0.25, 0.3) is 10.2 Å². The fraction of sp³-hybridized carbons (Fsp3) is 0.286. The highest BCUT2D eigenvalue weighted by molar-refractivity contribution is 7.18. The number of carbonyl (C=O) groups excluding carboxylic acids is 2. The van der Waals surface area contributed by atoms with E-state index < -0.39 is 0 Å². The van der Waals surface area contributed by atoms with Gasteiger partial charge in [-0.25, -0.2) is 4.98 Å². The molecule has 2 amide bonds. The van der Waals surface area contributed by atoms with Gasteiger partial charge in [0.2, 0.25) is 11.8 Å². The highest BCUT2D eigenvalue weighted by Gasteiger charge is 2.21. The van der Waals surface area contributed by atoms with E-state index in [1.54, 1.807) is 11.3 Å². The molecular weight excluding hydrogens is 358 g/mol. The number of hydrogen-bond acceptors (Lipinski definition) is 4. The molecule has 1 aliphatic heterocycles. The van der Waals surface area contributed by atoms with Crippen LogP contribution >= 0.6 is 11.3 Å². The molecule has 0 bridgehead atoms. The minimum Gasteiger partial charge on any atom is -0.353 e. The number of aromatic nitrogens is 1. The molecule has 1 unspecified atom stereocenters. The molecule has 27 heavy (non-hydrogen) atoms. The van der Waals surface area contributed by atoms with E-state index in [2.05, 4.69) is 21.7 Å². The maximum Gasteiger partial charge on any atom is 0.224 e. The summed E-state index contributed by atoms with van der Waals surface area (Å²) < 4.78 is 1.20. The average Bonchev–Trinajstić information content (AvgIpc) is 3.27. The second kappa shape index (κ2) is 7.88. The lowest BCUT2D eigenvalue weighted by Gasteiger charge is -2.10. The zero-order chi connectivity index (χ0) is 18.6. The third kappa shape index (κ3) is 4.52. The molecule has 2 aromatic carbocycles. The van der Waals surface area contributed by atoms with Crippen molar-refractivity contribution < 1.29 is 9.59 Å². The minimum atomic E-state index is -0.0185. The fourth-order valence-electron chi connectivity index (χ4n) is 3.30. The summed E-state index contributed by atoms with van der Waals surface area (Å²) in [4.78, 5) is 27.9. The SMILES string of the molecule is O=C(CCC1CCC(=O)N1)Nc1ccc(Cc2nc3ccccc3s2)cc1. The molecule has 1 atom stereocenters.